The zero-order valence-corrected chi connectivity index (χ0v) is 14.5. The number of benzene rings is 1. The van der Waals surface area contributed by atoms with Gasteiger partial charge in [0.25, 0.3) is 0 Å². The molecule has 0 saturated carbocycles. The van der Waals surface area contributed by atoms with Crippen LogP contribution in [0.5, 0.6) is 0 Å². The number of rotatable bonds is 7. The summed E-state index contributed by atoms with van der Waals surface area (Å²) in [5, 5.41) is 7.81. The Bertz CT molecular complexity index is 576. The van der Waals surface area contributed by atoms with E-state index in [2.05, 4.69) is 5.32 Å². The maximum atomic E-state index is 12.3. The maximum absolute atomic E-state index is 12.3. The van der Waals surface area contributed by atoms with Crippen molar-refractivity contribution in [2.45, 2.75) is 32.4 Å². The van der Waals surface area contributed by atoms with E-state index in [1.165, 1.54) is 0 Å². The van der Waals surface area contributed by atoms with Crippen molar-refractivity contribution < 1.29 is 13.2 Å². The van der Waals surface area contributed by atoms with Gasteiger partial charge in [0.05, 0.1) is 11.2 Å². The minimum absolute atomic E-state index is 0. The normalized spacial score (nSPS) is 11.6. The highest BCUT2D eigenvalue weighted by atomic mass is 35.5. The van der Waals surface area contributed by atoms with E-state index in [-0.39, 0.29) is 30.6 Å². The van der Waals surface area contributed by atoms with Crippen LogP contribution in [0.4, 0.5) is 5.69 Å². The van der Waals surface area contributed by atoms with E-state index < -0.39 is 15.4 Å². The molecule has 1 rings (SSSR count). The molecule has 6 nitrogen and oxygen atoms in total. The number of anilines is 1. The van der Waals surface area contributed by atoms with Crippen LogP contribution in [0, 0.1) is 5.41 Å². The van der Waals surface area contributed by atoms with E-state index in [9.17, 15) is 13.2 Å². The summed E-state index contributed by atoms with van der Waals surface area (Å²) in [6.45, 7) is 4.16. The third-order valence-corrected chi connectivity index (χ3v) is 4.54. The molecule has 1 amide bonds. The predicted octanol–water partition coefficient (Wildman–Crippen LogP) is 1.60. The highest BCUT2D eigenvalue weighted by Crippen LogP contribution is 2.27. The summed E-state index contributed by atoms with van der Waals surface area (Å²) in [5.74, 6) is -0.341. The van der Waals surface area contributed by atoms with Crippen molar-refractivity contribution in [3.05, 3.63) is 29.8 Å². The number of carbonyl (C=O) groups is 1. The number of hydrogen-bond acceptors (Lipinski definition) is 4. The average molecular weight is 350 g/mol. The average Bonchev–Trinajstić information content (AvgIpc) is 2.42. The Morgan fingerprint density at radius 3 is 2.05 bits per heavy atom. The molecular formula is C14H24ClN3O3S. The molecule has 5 N–H and O–H groups in total. The Labute approximate surface area is 138 Å². The number of halogens is 1. The Hall–Kier alpha value is -1.15. The van der Waals surface area contributed by atoms with Gasteiger partial charge in [-0.05, 0) is 30.5 Å². The molecule has 0 atom stereocenters. The van der Waals surface area contributed by atoms with Crippen molar-refractivity contribution in [2.75, 3.05) is 11.9 Å². The van der Waals surface area contributed by atoms with Crippen LogP contribution in [0.2, 0.25) is 0 Å². The first-order valence-corrected chi connectivity index (χ1v) is 8.59. The first kappa shape index (κ1) is 20.9. The lowest BCUT2D eigenvalue weighted by Gasteiger charge is -2.28. The topological polar surface area (TPSA) is 115 Å². The van der Waals surface area contributed by atoms with E-state index in [0.29, 0.717) is 24.1 Å². The molecule has 8 heteroatoms. The highest BCUT2D eigenvalue weighted by Gasteiger charge is 2.33. The smallest absolute Gasteiger partial charge is 0.231 e. The van der Waals surface area contributed by atoms with Crippen molar-refractivity contribution in [2.24, 2.45) is 16.3 Å². The van der Waals surface area contributed by atoms with Gasteiger partial charge in [-0.2, -0.15) is 0 Å². The van der Waals surface area contributed by atoms with E-state index in [1.807, 2.05) is 13.8 Å². The van der Waals surface area contributed by atoms with Crippen LogP contribution >= 0.6 is 12.4 Å². The SMILES string of the molecule is CCC(CC)(CN)C(=O)Nc1ccc(CS(N)(=O)=O)cc1.Cl. The molecule has 1 aromatic rings. The fourth-order valence-corrected chi connectivity index (χ4v) is 2.79. The summed E-state index contributed by atoms with van der Waals surface area (Å²) < 4.78 is 22.0. The molecule has 126 valence electrons. The highest BCUT2D eigenvalue weighted by molar-refractivity contribution is 7.88. The van der Waals surface area contributed by atoms with Gasteiger partial charge in [0.2, 0.25) is 15.9 Å². The number of carbonyl (C=O) groups excluding carboxylic acids is 1. The van der Waals surface area contributed by atoms with E-state index in [1.54, 1.807) is 24.3 Å². The minimum Gasteiger partial charge on any atom is -0.329 e. The predicted molar refractivity (Wildman–Crippen MR) is 91.2 cm³/mol. The quantitative estimate of drug-likeness (QED) is 0.693. The van der Waals surface area contributed by atoms with Crippen LogP contribution in [-0.2, 0) is 20.6 Å². The second kappa shape index (κ2) is 8.47. The third-order valence-electron chi connectivity index (χ3n) is 3.81. The molecule has 22 heavy (non-hydrogen) atoms. The zero-order valence-electron chi connectivity index (χ0n) is 12.8. The fourth-order valence-electron chi connectivity index (χ4n) is 2.13. The van der Waals surface area contributed by atoms with Crippen molar-refractivity contribution in [1.82, 2.24) is 0 Å². The first-order chi connectivity index (χ1) is 9.76. The number of primary sulfonamides is 1. The van der Waals surface area contributed by atoms with Crippen LogP contribution < -0.4 is 16.2 Å². The monoisotopic (exact) mass is 349 g/mol. The summed E-state index contributed by atoms with van der Waals surface area (Å²) in [7, 11) is -3.55. The lowest BCUT2D eigenvalue weighted by atomic mass is 9.81. The van der Waals surface area contributed by atoms with Gasteiger partial charge in [-0.15, -0.1) is 12.4 Å². The van der Waals surface area contributed by atoms with Crippen molar-refractivity contribution in [3.63, 3.8) is 0 Å². The summed E-state index contributed by atoms with van der Waals surface area (Å²) >= 11 is 0. The summed E-state index contributed by atoms with van der Waals surface area (Å²) in [4.78, 5) is 12.3. The zero-order chi connectivity index (χ0) is 16.1. The molecule has 0 aliphatic carbocycles. The molecule has 0 aromatic heterocycles. The first-order valence-electron chi connectivity index (χ1n) is 6.87. The van der Waals surface area contributed by atoms with E-state index in [0.717, 1.165) is 0 Å². The van der Waals surface area contributed by atoms with Crippen LogP contribution in [0.3, 0.4) is 0 Å². The Morgan fingerprint density at radius 1 is 1.18 bits per heavy atom. The number of hydrogen-bond donors (Lipinski definition) is 3. The van der Waals surface area contributed by atoms with Gasteiger partial charge in [0.15, 0.2) is 0 Å². The van der Waals surface area contributed by atoms with Gasteiger partial charge in [0.1, 0.15) is 0 Å². The van der Waals surface area contributed by atoms with Crippen LogP contribution in [0.25, 0.3) is 0 Å². The van der Waals surface area contributed by atoms with Gasteiger partial charge in [-0.1, -0.05) is 26.0 Å². The maximum Gasteiger partial charge on any atom is 0.231 e. The second-order valence-electron chi connectivity index (χ2n) is 5.15. The Kier molecular flexibility index (Phi) is 8.03. The van der Waals surface area contributed by atoms with Gasteiger partial charge in [-0.25, -0.2) is 13.6 Å². The molecule has 0 fully saturated rings. The molecule has 0 aliphatic heterocycles. The summed E-state index contributed by atoms with van der Waals surface area (Å²) in [6.07, 6.45) is 1.32. The van der Waals surface area contributed by atoms with Crippen molar-refractivity contribution >= 4 is 34.0 Å². The number of nitrogens with one attached hydrogen (secondary N) is 1. The summed E-state index contributed by atoms with van der Waals surface area (Å²) in [5.41, 5.74) is 6.35. The number of sulfonamides is 1. The second-order valence-corrected chi connectivity index (χ2v) is 6.76. The molecule has 0 radical (unpaired) electrons. The summed E-state index contributed by atoms with van der Waals surface area (Å²) in [6, 6.07) is 6.57. The van der Waals surface area contributed by atoms with Crippen LogP contribution in [0.15, 0.2) is 24.3 Å². The largest absolute Gasteiger partial charge is 0.329 e. The van der Waals surface area contributed by atoms with E-state index in [4.69, 9.17) is 10.9 Å². The van der Waals surface area contributed by atoms with Crippen LogP contribution in [-0.4, -0.2) is 20.9 Å². The Balaban J connectivity index is 0.00000441. The van der Waals surface area contributed by atoms with Gasteiger partial charge in [-0.3, -0.25) is 4.79 Å². The van der Waals surface area contributed by atoms with Crippen LogP contribution in [0.1, 0.15) is 32.3 Å². The molecule has 0 saturated heterocycles. The van der Waals surface area contributed by atoms with E-state index >= 15 is 0 Å². The molecule has 0 heterocycles. The number of amides is 1. The molecule has 1 aromatic carbocycles. The van der Waals surface area contributed by atoms with Gasteiger partial charge < -0.3 is 11.1 Å². The molecule has 0 bridgehead atoms. The van der Waals surface area contributed by atoms with Crippen molar-refractivity contribution in [1.29, 1.82) is 0 Å². The van der Waals surface area contributed by atoms with Crippen molar-refractivity contribution in [3.8, 4) is 0 Å². The standard InChI is InChI=1S/C14H23N3O3S.ClH/c1-3-14(4-2,10-15)13(18)17-12-7-5-11(6-8-12)9-21(16,19)20;/h5-8H,3-4,9-10,15H2,1-2H3,(H,17,18)(H2,16,19,20);1H. The molecule has 0 spiro atoms. The van der Waals surface area contributed by atoms with Gasteiger partial charge >= 0.3 is 0 Å². The van der Waals surface area contributed by atoms with Gasteiger partial charge in [0, 0.05) is 12.2 Å². The fraction of sp³-hybridized carbons (Fsp3) is 0.500. The minimum atomic E-state index is -3.55. The lowest BCUT2D eigenvalue weighted by molar-refractivity contribution is -0.125. The molecule has 0 unspecified atom stereocenters. The lowest BCUT2D eigenvalue weighted by Crippen LogP contribution is -2.41. The Morgan fingerprint density at radius 2 is 1.68 bits per heavy atom. The number of nitrogens with two attached hydrogens (primary N) is 2. The third kappa shape index (κ3) is 5.57. The molecular weight excluding hydrogens is 326 g/mol. The molecule has 0 aliphatic rings.